The number of hydrogen-bond donors (Lipinski definition) is 3. The number of carbonyl (C=O) groups excluding carboxylic acids is 1. The molecule has 5 heavy (non-hydrogen) atoms. The monoisotopic (exact) mass is 76.0 g/mol. The summed E-state index contributed by atoms with van der Waals surface area (Å²) in [7, 11) is 0. The van der Waals surface area contributed by atoms with Crippen LogP contribution in [0.1, 0.15) is 0 Å². The molecule has 0 amide bonds. The first kappa shape index (κ1) is 8.85. The second-order valence-electron chi connectivity index (χ2n) is 0.102. The van der Waals surface area contributed by atoms with Crippen LogP contribution in [0.3, 0.4) is 0 Å². The first-order valence-electron chi connectivity index (χ1n) is 0.712. The molecule has 0 spiro atoms. The van der Waals surface area contributed by atoms with Crippen molar-refractivity contribution in [2.24, 2.45) is 5.90 Å². The zero-order valence-corrected chi connectivity index (χ0v) is 2.43. The van der Waals surface area contributed by atoms with Gasteiger partial charge in [0.1, 0.15) is 0 Å². The molecule has 0 rings (SSSR count). The predicted molar refractivity (Wildman–Crippen MR) is 14.4 cm³/mol. The molecule has 4 nitrogen and oxygen atoms in total. The van der Waals surface area contributed by atoms with Crippen LogP contribution in [0.5, 0.6) is 0 Å². The highest BCUT2D eigenvalue weighted by atomic mass is 16.4. The van der Waals surface area contributed by atoms with E-state index in [-0.39, 0.29) is 0 Å². The highest BCUT2D eigenvalue weighted by Gasteiger charge is 1.03. The van der Waals surface area contributed by atoms with Crippen molar-refractivity contribution >= 4 is 6.08 Å². The first-order chi connectivity index (χ1) is 2.41. The molecule has 0 aromatic rings. The van der Waals surface area contributed by atoms with Crippen molar-refractivity contribution in [1.82, 2.24) is 0 Å². The molecule has 0 heterocycles. The summed E-state index contributed by atoms with van der Waals surface area (Å²) in [5.74, 6) is 3.50. The average molecular weight is 76.1 g/mol. The summed E-state index contributed by atoms with van der Waals surface area (Å²) in [5.41, 5.74) is 0. The molecule has 0 aliphatic carbocycles. The lowest BCUT2D eigenvalue weighted by Gasteiger charge is -1.27. The average Bonchev–Trinajstić information content (AvgIpc) is 1.46. The van der Waals surface area contributed by atoms with Crippen LogP contribution >= 0.6 is 0 Å². The van der Waals surface area contributed by atoms with Gasteiger partial charge in [-0.15, -0.1) is 0 Å². The maximum atomic E-state index is 8.35. The lowest BCUT2D eigenvalue weighted by molar-refractivity contribution is 0.311. The third-order valence-corrected chi connectivity index (χ3v) is 0. The largest absolute Gasteiger partial charge is 0.320 e. The van der Waals surface area contributed by atoms with Gasteiger partial charge in [-0.3, -0.25) is 0 Å². The van der Waals surface area contributed by atoms with E-state index in [0.717, 1.165) is 6.08 Å². The third kappa shape index (κ3) is 11.4. The fraction of sp³-hybridized carbons (Fsp3) is 0. The molecule has 4 heteroatoms. The molecule has 4 N–H and O–H groups in total. The molecule has 0 aliphatic rings. The van der Waals surface area contributed by atoms with Crippen LogP contribution in [-0.4, -0.2) is 11.3 Å². The molecule has 0 bridgehead atoms. The Morgan fingerprint density at radius 2 is 1.80 bits per heavy atom. The van der Waals surface area contributed by atoms with Crippen LogP contribution in [0, 0.1) is 5.41 Å². The smallest absolute Gasteiger partial charge is 0.231 e. The van der Waals surface area contributed by atoms with E-state index in [2.05, 4.69) is 5.90 Å². The Hall–Kier alpha value is -0.700. The Balaban J connectivity index is 0. The van der Waals surface area contributed by atoms with Crippen molar-refractivity contribution < 1.29 is 10.0 Å². The minimum Gasteiger partial charge on any atom is -0.320 e. The van der Waals surface area contributed by atoms with Gasteiger partial charge in [0.05, 0.1) is 0 Å². The second kappa shape index (κ2) is 194. The van der Waals surface area contributed by atoms with Gasteiger partial charge in [-0.2, -0.15) is 0 Å². The summed E-state index contributed by atoms with van der Waals surface area (Å²) >= 11 is 0. The Kier molecular flexibility index (Phi) is 343. The lowest BCUT2D eigenvalue weighted by Crippen LogP contribution is -1.72. The number of rotatable bonds is 0. The van der Waals surface area contributed by atoms with Gasteiger partial charge in [0.15, 0.2) is 0 Å². The molecular formula is CH4N2O2. The van der Waals surface area contributed by atoms with E-state index in [1.54, 1.807) is 0 Å². The number of nitrogens with one attached hydrogen (secondary N) is 1. The minimum atomic E-state index is 0.750. The Labute approximate surface area is 28.7 Å². The van der Waals surface area contributed by atoms with Gasteiger partial charge in [0.25, 0.3) is 0 Å². The molecule has 0 radical (unpaired) electrons. The summed E-state index contributed by atoms with van der Waals surface area (Å²) < 4.78 is 0. The van der Waals surface area contributed by atoms with E-state index >= 15 is 0 Å². The van der Waals surface area contributed by atoms with Crippen LogP contribution < -0.4 is 5.90 Å². The van der Waals surface area contributed by atoms with Gasteiger partial charge in [0, 0.05) is 0 Å². The second-order valence-corrected chi connectivity index (χ2v) is 0.102. The van der Waals surface area contributed by atoms with Crippen LogP contribution in [0.4, 0.5) is 0 Å². The van der Waals surface area contributed by atoms with E-state index in [9.17, 15) is 0 Å². The maximum Gasteiger partial charge on any atom is 0.231 e. The normalized spacial score (nSPS) is 2.80. The van der Waals surface area contributed by atoms with Crippen molar-refractivity contribution in [3.63, 3.8) is 0 Å². The zero-order chi connectivity index (χ0) is 4.71. The molecule has 30 valence electrons. The molecule has 0 atom stereocenters. The van der Waals surface area contributed by atoms with Gasteiger partial charge in [-0.25, -0.2) is 16.1 Å². The summed E-state index contributed by atoms with van der Waals surface area (Å²) in [6.45, 7) is 0. The summed E-state index contributed by atoms with van der Waals surface area (Å²) in [4.78, 5) is 8.35. The Morgan fingerprint density at radius 1 is 1.80 bits per heavy atom. The molecule has 0 aromatic carbocycles. The van der Waals surface area contributed by atoms with E-state index in [1.165, 1.54) is 0 Å². The Bertz CT molecular complexity index is 28.6. The fourth-order valence-electron chi connectivity index (χ4n) is 0. The van der Waals surface area contributed by atoms with Crippen molar-refractivity contribution in [2.75, 3.05) is 0 Å². The Morgan fingerprint density at radius 3 is 1.80 bits per heavy atom. The van der Waals surface area contributed by atoms with Crippen molar-refractivity contribution in [3.8, 4) is 0 Å². The lowest BCUT2D eigenvalue weighted by atomic mass is 11.7. The minimum absolute atomic E-state index is 0.750. The van der Waals surface area contributed by atoms with Crippen molar-refractivity contribution in [2.45, 2.75) is 0 Å². The summed E-state index contributed by atoms with van der Waals surface area (Å²) in [6.07, 6.45) is 0.750. The SMILES string of the molecule is N=C=O.NO. The molecule has 0 aromatic heterocycles. The predicted octanol–water partition coefficient (Wildman–Crippen LogP) is -0.765. The molecular weight excluding hydrogens is 72.0 g/mol. The van der Waals surface area contributed by atoms with Gasteiger partial charge in [0.2, 0.25) is 6.08 Å². The fourth-order valence-corrected chi connectivity index (χ4v) is 0. The van der Waals surface area contributed by atoms with Crippen LogP contribution in [0.15, 0.2) is 0 Å². The first-order valence-corrected chi connectivity index (χ1v) is 0.712. The van der Waals surface area contributed by atoms with Crippen LogP contribution in [-0.2, 0) is 4.79 Å². The highest BCUT2D eigenvalue weighted by molar-refractivity contribution is 5.26. The van der Waals surface area contributed by atoms with Gasteiger partial charge in [-0.1, -0.05) is 0 Å². The molecule has 0 saturated heterocycles. The maximum absolute atomic E-state index is 8.35. The van der Waals surface area contributed by atoms with Gasteiger partial charge < -0.3 is 5.21 Å². The molecule has 0 aliphatic heterocycles. The van der Waals surface area contributed by atoms with Gasteiger partial charge in [-0.05, 0) is 0 Å². The molecule has 0 saturated carbocycles. The van der Waals surface area contributed by atoms with Gasteiger partial charge >= 0.3 is 0 Å². The highest BCUT2D eigenvalue weighted by Crippen LogP contribution is 0.868. The number of isocyanates is 1. The van der Waals surface area contributed by atoms with Crippen LogP contribution in [0.25, 0.3) is 0 Å². The van der Waals surface area contributed by atoms with E-state index in [0.29, 0.717) is 0 Å². The number of hydrogen-bond acceptors (Lipinski definition) is 4. The molecule has 0 unspecified atom stereocenters. The summed E-state index contributed by atoms with van der Waals surface area (Å²) in [5, 5.41) is 11.9. The van der Waals surface area contributed by atoms with Crippen molar-refractivity contribution in [1.29, 1.82) is 5.41 Å². The quantitative estimate of drug-likeness (QED) is 0.201. The van der Waals surface area contributed by atoms with Crippen LogP contribution in [0.2, 0.25) is 0 Å². The van der Waals surface area contributed by atoms with E-state index < -0.39 is 0 Å². The summed E-state index contributed by atoms with van der Waals surface area (Å²) in [6, 6.07) is 0. The topological polar surface area (TPSA) is 87.2 Å². The van der Waals surface area contributed by atoms with E-state index in [1.807, 2.05) is 0 Å². The van der Waals surface area contributed by atoms with E-state index in [4.69, 9.17) is 15.4 Å². The number of nitrogens with two attached hydrogens (primary N) is 1. The standard InChI is InChI=1S/CHNO.H3NO/c2-1-3;1-2/h2H;2H,1H2. The molecule has 0 fully saturated rings. The third-order valence-electron chi connectivity index (χ3n) is 0. The zero-order valence-electron chi connectivity index (χ0n) is 2.43. The van der Waals surface area contributed by atoms with Crippen molar-refractivity contribution in [3.05, 3.63) is 0 Å².